The number of nitrogens with zero attached hydrogens (tertiary/aromatic N) is 4. The van der Waals surface area contributed by atoms with E-state index < -0.39 is 0 Å². The van der Waals surface area contributed by atoms with Crippen LogP contribution in [0.5, 0.6) is 0 Å². The molecule has 6 heteroatoms. The molecule has 1 aliphatic rings. The summed E-state index contributed by atoms with van der Waals surface area (Å²) in [6.07, 6.45) is 1.92. The topological polar surface area (TPSA) is 75.3 Å². The number of piperidine rings is 1. The number of nitrogens with two attached hydrogens (primary N) is 1. The highest BCUT2D eigenvalue weighted by atomic mass is 16.2. The van der Waals surface area contributed by atoms with Gasteiger partial charge in [0.2, 0.25) is 0 Å². The first-order valence-corrected chi connectivity index (χ1v) is 6.56. The number of aromatic nitrogens is 2. The van der Waals surface area contributed by atoms with E-state index in [4.69, 9.17) is 5.73 Å². The van der Waals surface area contributed by atoms with E-state index >= 15 is 0 Å². The zero-order chi connectivity index (χ0) is 14.0. The predicted octanol–water partition coefficient (Wildman–Crippen LogP) is 0.494. The highest BCUT2D eigenvalue weighted by molar-refractivity contribution is 5.91. The van der Waals surface area contributed by atoms with Crippen LogP contribution < -0.4 is 10.6 Å². The summed E-state index contributed by atoms with van der Waals surface area (Å²) < 4.78 is 0. The number of carbonyl (C=O) groups excluding carboxylic acids is 1. The van der Waals surface area contributed by atoms with Crippen molar-refractivity contribution in [3.8, 4) is 0 Å². The summed E-state index contributed by atoms with van der Waals surface area (Å²) in [6.45, 7) is 3.03. The maximum absolute atomic E-state index is 11.7. The van der Waals surface area contributed by atoms with Crippen LogP contribution in [0, 0.1) is 0 Å². The number of anilines is 1. The smallest absolute Gasteiger partial charge is 0.273 e. The summed E-state index contributed by atoms with van der Waals surface area (Å²) in [5.41, 5.74) is 6.32. The second kappa shape index (κ2) is 5.52. The van der Waals surface area contributed by atoms with E-state index in [1.807, 2.05) is 6.07 Å². The molecule has 2 heterocycles. The standard InChI is InChI=1S/C13H21N5O/c1-9-8-10(14)6-7-18(9)12-5-4-11(15-16-12)13(19)17(2)3/h4-5,9-10H,6-8,14H2,1-3H3. The number of hydrogen-bond acceptors (Lipinski definition) is 5. The molecule has 0 aromatic carbocycles. The lowest BCUT2D eigenvalue weighted by Gasteiger charge is -2.36. The predicted molar refractivity (Wildman–Crippen MR) is 74.1 cm³/mol. The van der Waals surface area contributed by atoms with Gasteiger partial charge in [0.05, 0.1) is 0 Å². The van der Waals surface area contributed by atoms with Gasteiger partial charge in [-0.1, -0.05) is 0 Å². The van der Waals surface area contributed by atoms with Crippen molar-refractivity contribution in [1.29, 1.82) is 0 Å². The van der Waals surface area contributed by atoms with Crippen LogP contribution in [0.25, 0.3) is 0 Å². The summed E-state index contributed by atoms with van der Waals surface area (Å²) in [6, 6.07) is 4.21. The molecule has 2 N–H and O–H groups in total. The van der Waals surface area contributed by atoms with Crippen LogP contribution in [0.2, 0.25) is 0 Å². The van der Waals surface area contributed by atoms with Gasteiger partial charge in [-0.05, 0) is 31.9 Å². The van der Waals surface area contributed by atoms with E-state index in [1.165, 1.54) is 4.90 Å². The lowest BCUT2D eigenvalue weighted by Crippen LogP contribution is -2.46. The average Bonchev–Trinajstić information content (AvgIpc) is 2.38. The largest absolute Gasteiger partial charge is 0.352 e. The van der Waals surface area contributed by atoms with Gasteiger partial charge in [-0.25, -0.2) is 0 Å². The third-order valence-corrected chi connectivity index (χ3v) is 3.49. The molecule has 1 amide bonds. The molecule has 0 radical (unpaired) electrons. The molecule has 1 fully saturated rings. The lowest BCUT2D eigenvalue weighted by molar-refractivity contribution is 0.0821. The number of hydrogen-bond donors (Lipinski definition) is 1. The van der Waals surface area contributed by atoms with Gasteiger partial charge < -0.3 is 15.5 Å². The van der Waals surface area contributed by atoms with Crippen molar-refractivity contribution < 1.29 is 4.79 Å². The Balaban J connectivity index is 2.12. The van der Waals surface area contributed by atoms with Crippen molar-refractivity contribution >= 4 is 11.7 Å². The van der Waals surface area contributed by atoms with Gasteiger partial charge in [-0.3, -0.25) is 4.79 Å². The first kappa shape index (κ1) is 13.7. The zero-order valence-electron chi connectivity index (χ0n) is 11.7. The molecule has 2 rings (SSSR count). The fourth-order valence-electron chi connectivity index (χ4n) is 2.37. The second-order valence-corrected chi connectivity index (χ2v) is 5.30. The van der Waals surface area contributed by atoms with E-state index in [1.54, 1.807) is 20.2 Å². The first-order chi connectivity index (χ1) is 8.99. The van der Waals surface area contributed by atoms with E-state index in [0.717, 1.165) is 25.2 Å². The molecular weight excluding hydrogens is 242 g/mol. The molecule has 2 unspecified atom stereocenters. The fourth-order valence-corrected chi connectivity index (χ4v) is 2.37. The van der Waals surface area contributed by atoms with Crippen molar-refractivity contribution in [1.82, 2.24) is 15.1 Å². The van der Waals surface area contributed by atoms with Gasteiger partial charge in [0, 0.05) is 32.7 Å². The Kier molecular flexibility index (Phi) is 3.99. The molecule has 0 aliphatic carbocycles. The number of rotatable bonds is 2. The van der Waals surface area contributed by atoms with Crippen LogP contribution in [0.1, 0.15) is 30.3 Å². The van der Waals surface area contributed by atoms with E-state index in [2.05, 4.69) is 22.0 Å². The van der Waals surface area contributed by atoms with Crippen molar-refractivity contribution in [2.45, 2.75) is 31.8 Å². The number of carbonyl (C=O) groups is 1. The maximum Gasteiger partial charge on any atom is 0.273 e. The van der Waals surface area contributed by atoms with Crippen LogP contribution in [-0.2, 0) is 0 Å². The third kappa shape index (κ3) is 3.01. The normalized spacial score (nSPS) is 23.3. The van der Waals surface area contributed by atoms with Gasteiger partial charge in [0.1, 0.15) is 0 Å². The Morgan fingerprint density at radius 3 is 2.68 bits per heavy atom. The molecule has 0 saturated carbocycles. The monoisotopic (exact) mass is 263 g/mol. The minimum Gasteiger partial charge on any atom is -0.352 e. The fraction of sp³-hybridized carbons (Fsp3) is 0.615. The van der Waals surface area contributed by atoms with Gasteiger partial charge in [-0.2, -0.15) is 0 Å². The Bertz CT molecular complexity index is 445. The quantitative estimate of drug-likeness (QED) is 0.840. The Hall–Kier alpha value is -1.69. The van der Waals surface area contributed by atoms with Crippen LogP contribution in [0.3, 0.4) is 0 Å². The lowest BCUT2D eigenvalue weighted by atomic mass is 9.99. The SMILES string of the molecule is CC1CC(N)CCN1c1ccc(C(=O)N(C)C)nn1. The van der Waals surface area contributed by atoms with Gasteiger partial charge in [-0.15, -0.1) is 10.2 Å². The first-order valence-electron chi connectivity index (χ1n) is 6.56. The average molecular weight is 263 g/mol. The molecule has 19 heavy (non-hydrogen) atoms. The van der Waals surface area contributed by atoms with E-state index in [-0.39, 0.29) is 11.9 Å². The van der Waals surface area contributed by atoms with Gasteiger partial charge in [0.25, 0.3) is 5.91 Å². The van der Waals surface area contributed by atoms with Crippen molar-refractivity contribution in [2.75, 3.05) is 25.5 Å². The molecule has 1 saturated heterocycles. The molecule has 6 nitrogen and oxygen atoms in total. The van der Waals surface area contributed by atoms with Gasteiger partial charge in [0.15, 0.2) is 11.5 Å². The van der Waals surface area contributed by atoms with Crippen LogP contribution in [-0.4, -0.2) is 53.7 Å². The summed E-state index contributed by atoms with van der Waals surface area (Å²) in [7, 11) is 3.40. The second-order valence-electron chi connectivity index (χ2n) is 5.30. The summed E-state index contributed by atoms with van der Waals surface area (Å²) in [5.74, 6) is 0.683. The van der Waals surface area contributed by atoms with Crippen LogP contribution in [0.15, 0.2) is 12.1 Å². The summed E-state index contributed by atoms with van der Waals surface area (Å²) in [5, 5.41) is 8.18. The highest BCUT2D eigenvalue weighted by Crippen LogP contribution is 2.21. The maximum atomic E-state index is 11.7. The van der Waals surface area contributed by atoms with E-state index in [9.17, 15) is 4.79 Å². The van der Waals surface area contributed by atoms with Gasteiger partial charge >= 0.3 is 0 Å². The molecule has 1 aromatic rings. The molecule has 1 aromatic heterocycles. The van der Waals surface area contributed by atoms with Crippen molar-refractivity contribution in [3.63, 3.8) is 0 Å². The molecular formula is C13H21N5O. The van der Waals surface area contributed by atoms with E-state index in [0.29, 0.717) is 11.7 Å². The van der Waals surface area contributed by atoms with Crippen LogP contribution >= 0.6 is 0 Å². The Labute approximate surface area is 113 Å². The third-order valence-electron chi connectivity index (χ3n) is 3.49. The Morgan fingerprint density at radius 1 is 1.42 bits per heavy atom. The molecule has 104 valence electrons. The molecule has 2 atom stereocenters. The Morgan fingerprint density at radius 2 is 2.16 bits per heavy atom. The minimum absolute atomic E-state index is 0.132. The van der Waals surface area contributed by atoms with Crippen molar-refractivity contribution in [3.05, 3.63) is 17.8 Å². The minimum atomic E-state index is -0.132. The molecule has 0 bridgehead atoms. The molecule has 1 aliphatic heterocycles. The summed E-state index contributed by atoms with van der Waals surface area (Å²) in [4.78, 5) is 15.4. The molecule has 0 spiro atoms. The van der Waals surface area contributed by atoms with Crippen LogP contribution in [0.4, 0.5) is 5.82 Å². The zero-order valence-corrected chi connectivity index (χ0v) is 11.7. The highest BCUT2D eigenvalue weighted by Gasteiger charge is 2.24. The van der Waals surface area contributed by atoms with Crippen molar-refractivity contribution in [2.24, 2.45) is 5.73 Å². The number of amides is 1. The summed E-state index contributed by atoms with van der Waals surface area (Å²) >= 11 is 0.